The Bertz CT molecular complexity index is 323. The summed E-state index contributed by atoms with van der Waals surface area (Å²) in [6.45, 7) is 3.83. The predicted octanol–water partition coefficient (Wildman–Crippen LogP) is 2.42. The van der Waals surface area contributed by atoms with E-state index >= 15 is 0 Å². The van der Waals surface area contributed by atoms with Crippen molar-refractivity contribution in [2.75, 3.05) is 7.11 Å². The van der Waals surface area contributed by atoms with E-state index in [0.717, 1.165) is 6.42 Å². The average Bonchev–Trinajstić information content (AvgIpc) is 2.18. The Morgan fingerprint density at radius 3 is 2.64 bits per heavy atom. The topological polar surface area (TPSA) is 35.2 Å². The molecule has 1 aromatic carbocycles. The van der Waals surface area contributed by atoms with E-state index in [4.69, 9.17) is 10.5 Å². The predicted molar refractivity (Wildman–Crippen MR) is 54.8 cm³/mol. The summed E-state index contributed by atoms with van der Waals surface area (Å²) in [6.07, 6.45) is 0.729. The standard InChI is InChI=1S/C11H16FNO/c1-4-11(2,13)9-7-8(12)5-6-10(9)14-3/h5-7H,4,13H2,1-3H3/t11-/m1/s1. The molecular formula is C11H16FNO. The third-order valence-corrected chi connectivity index (χ3v) is 2.51. The molecule has 0 fully saturated rings. The fourth-order valence-corrected chi connectivity index (χ4v) is 1.32. The highest BCUT2D eigenvalue weighted by Crippen LogP contribution is 2.30. The average molecular weight is 197 g/mol. The molecule has 2 nitrogen and oxygen atoms in total. The van der Waals surface area contributed by atoms with Crippen molar-refractivity contribution in [1.29, 1.82) is 0 Å². The zero-order valence-electron chi connectivity index (χ0n) is 8.80. The second-order valence-electron chi connectivity index (χ2n) is 3.62. The van der Waals surface area contributed by atoms with Gasteiger partial charge in [0.2, 0.25) is 0 Å². The molecule has 0 bridgehead atoms. The van der Waals surface area contributed by atoms with Crippen LogP contribution in [0.4, 0.5) is 4.39 Å². The Morgan fingerprint density at radius 2 is 2.14 bits per heavy atom. The highest BCUT2D eigenvalue weighted by Gasteiger charge is 2.23. The lowest BCUT2D eigenvalue weighted by atomic mass is 9.90. The van der Waals surface area contributed by atoms with E-state index in [9.17, 15) is 4.39 Å². The van der Waals surface area contributed by atoms with Crippen LogP contribution in [0.2, 0.25) is 0 Å². The maximum atomic E-state index is 13.0. The molecule has 1 aromatic rings. The Morgan fingerprint density at radius 1 is 1.50 bits per heavy atom. The maximum absolute atomic E-state index is 13.0. The third-order valence-electron chi connectivity index (χ3n) is 2.51. The number of nitrogens with two attached hydrogens (primary N) is 1. The summed E-state index contributed by atoms with van der Waals surface area (Å²) in [6, 6.07) is 4.40. The van der Waals surface area contributed by atoms with E-state index < -0.39 is 5.54 Å². The van der Waals surface area contributed by atoms with Crippen LogP contribution in [0.15, 0.2) is 18.2 Å². The highest BCUT2D eigenvalue weighted by molar-refractivity contribution is 5.38. The van der Waals surface area contributed by atoms with E-state index in [2.05, 4.69) is 0 Å². The van der Waals surface area contributed by atoms with Crippen molar-refractivity contribution < 1.29 is 9.13 Å². The first-order valence-electron chi connectivity index (χ1n) is 4.64. The molecule has 2 N–H and O–H groups in total. The second kappa shape index (κ2) is 3.96. The molecule has 1 atom stereocenters. The maximum Gasteiger partial charge on any atom is 0.124 e. The van der Waals surface area contributed by atoms with Crippen molar-refractivity contribution in [3.63, 3.8) is 0 Å². The number of hydrogen-bond donors (Lipinski definition) is 1. The van der Waals surface area contributed by atoms with Crippen LogP contribution in [0, 0.1) is 5.82 Å². The fraction of sp³-hybridized carbons (Fsp3) is 0.455. The van der Waals surface area contributed by atoms with E-state index in [1.54, 1.807) is 13.2 Å². The molecule has 0 spiro atoms. The van der Waals surface area contributed by atoms with Crippen LogP contribution < -0.4 is 10.5 Å². The molecule has 0 saturated carbocycles. The van der Waals surface area contributed by atoms with Crippen LogP contribution in [0.1, 0.15) is 25.8 Å². The van der Waals surface area contributed by atoms with Gasteiger partial charge in [-0.3, -0.25) is 0 Å². The van der Waals surface area contributed by atoms with Gasteiger partial charge in [-0.25, -0.2) is 4.39 Å². The van der Waals surface area contributed by atoms with Crippen molar-refractivity contribution in [2.24, 2.45) is 5.73 Å². The Hall–Kier alpha value is -1.09. The number of rotatable bonds is 3. The third kappa shape index (κ3) is 2.04. The minimum Gasteiger partial charge on any atom is -0.496 e. The molecule has 0 aliphatic heterocycles. The molecule has 0 amide bonds. The SMILES string of the molecule is CC[C@@](C)(N)c1cc(F)ccc1OC. The van der Waals surface area contributed by atoms with Crippen LogP contribution >= 0.6 is 0 Å². The normalized spacial score (nSPS) is 14.9. The van der Waals surface area contributed by atoms with Gasteiger partial charge in [-0.05, 0) is 31.5 Å². The summed E-state index contributed by atoms with van der Waals surface area (Å²) in [7, 11) is 1.56. The number of hydrogen-bond acceptors (Lipinski definition) is 2. The Kier molecular flexibility index (Phi) is 3.11. The van der Waals surface area contributed by atoms with Gasteiger partial charge in [0, 0.05) is 11.1 Å². The fourth-order valence-electron chi connectivity index (χ4n) is 1.32. The summed E-state index contributed by atoms with van der Waals surface area (Å²) < 4.78 is 18.2. The molecule has 0 aliphatic rings. The van der Waals surface area contributed by atoms with Crippen LogP contribution in [-0.4, -0.2) is 7.11 Å². The van der Waals surface area contributed by atoms with Crippen LogP contribution in [0.25, 0.3) is 0 Å². The van der Waals surface area contributed by atoms with Crippen LogP contribution in [0.3, 0.4) is 0 Å². The van der Waals surface area contributed by atoms with Crippen molar-refractivity contribution in [3.05, 3.63) is 29.6 Å². The number of ether oxygens (including phenoxy) is 1. The lowest BCUT2D eigenvalue weighted by Crippen LogP contribution is -2.32. The zero-order chi connectivity index (χ0) is 10.8. The number of methoxy groups -OCH3 is 1. The Balaban J connectivity index is 3.23. The minimum absolute atomic E-state index is 0.286. The largest absolute Gasteiger partial charge is 0.496 e. The van der Waals surface area contributed by atoms with Gasteiger partial charge in [-0.1, -0.05) is 6.92 Å². The minimum atomic E-state index is -0.548. The van der Waals surface area contributed by atoms with Gasteiger partial charge >= 0.3 is 0 Å². The second-order valence-corrected chi connectivity index (χ2v) is 3.62. The number of halogens is 1. The van der Waals surface area contributed by atoms with Crippen LogP contribution in [0.5, 0.6) is 5.75 Å². The molecule has 0 radical (unpaired) electrons. The smallest absolute Gasteiger partial charge is 0.124 e. The van der Waals surface area contributed by atoms with E-state index in [0.29, 0.717) is 11.3 Å². The van der Waals surface area contributed by atoms with Crippen molar-refractivity contribution in [2.45, 2.75) is 25.8 Å². The molecule has 1 rings (SSSR count). The summed E-state index contributed by atoms with van der Waals surface area (Å²) in [5.74, 6) is 0.351. The summed E-state index contributed by atoms with van der Waals surface area (Å²) >= 11 is 0. The van der Waals surface area contributed by atoms with Gasteiger partial charge in [0.1, 0.15) is 11.6 Å². The monoisotopic (exact) mass is 197 g/mol. The first-order valence-corrected chi connectivity index (χ1v) is 4.64. The summed E-state index contributed by atoms with van der Waals surface area (Å²) in [5, 5.41) is 0. The molecule has 0 aromatic heterocycles. The molecule has 0 heterocycles. The van der Waals surface area contributed by atoms with Gasteiger partial charge in [-0.2, -0.15) is 0 Å². The van der Waals surface area contributed by atoms with E-state index in [1.807, 2.05) is 13.8 Å². The Labute approximate surface area is 83.9 Å². The van der Waals surface area contributed by atoms with Crippen molar-refractivity contribution in [3.8, 4) is 5.75 Å². The molecule has 0 saturated heterocycles. The van der Waals surface area contributed by atoms with Crippen molar-refractivity contribution >= 4 is 0 Å². The van der Waals surface area contributed by atoms with E-state index in [-0.39, 0.29) is 5.82 Å². The van der Waals surface area contributed by atoms with Gasteiger partial charge in [0.25, 0.3) is 0 Å². The van der Waals surface area contributed by atoms with E-state index in [1.165, 1.54) is 12.1 Å². The molecule has 0 unspecified atom stereocenters. The molecular weight excluding hydrogens is 181 g/mol. The lowest BCUT2D eigenvalue weighted by molar-refractivity contribution is 0.381. The highest BCUT2D eigenvalue weighted by atomic mass is 19.1. The van der Waals surface area contributed by atoms with Crippen LogP contribution in [-0.2, 0) is 5.54 Å². The molecule has 3 heteroatoms. The zero-order valence-corrected chi connectivity index (χ0v) is 8.80. The first kappa shape index (κ1) is 11.0. The summed E-state index contributed by atoms with van der Waals surface area (Å²) in [5.41, 5.74) is 6.20. The van der Waals surface area contributed by atoms with Crippen molar-refractivity contribution in [1.82, 2.24) is 0 Å². The molecule has 78 valence electrons. The van der Waals surface area contributed by atoms with Gasteiger partial charge in [-0.15, -0.1) is 0 Å². The van der Waals surface area contributed by atoms with Gasteiger partial charge in [0.05, 0.1) is 7.11 Å². The lowest BCUT2D eigenvalue weighted by Gasteiger charge is -2.25. The molecule has 14 heavy (non-hydrogen) atoms. The summed E-state index contributed by atoms with van der Waals surface area (Å²) in [4.78, 5) is 0. The number of benzene rings is 1. The van der Waals surface area contributed by atoms with Gasteiger partial charge < -0.3 is 10.5 Å². The molecule has 0 aliphatic carbocycles. The van der Waals surface area contributed by atoms with Gasteiger partial charge in [0.15, 0.2) is 0 Å². The first-order chi connectivity index (χ1) is 6.51. The quantitative estimate of drug-likeness (QED) is 0.807.